The van der Waals surface area contributed by atoms with E-state index in [0.717, 1.165) is 17.7 Å². The highest BCUT2D eigenvalue weighted by Crippen LogP contribution is 2.32. The van der Waals surface area contributed by atoms with Gasteiger partial charge in [0.25, 0.3) is 5.91 Å². The van der Waals surface area contributed by atoms with Gasteiger partial charge >= 0.3 is 6.09 Å². The van der Waals surface area contributed by atoms with Crippen LogP contribution in [0.15, 0.2) is 35.8 Å². The first-order valence-corrected chi connectivity index (χ1v) is 15.5. The normalized spacial score (nSPS) is 20.0. The van der Waals surface area contributed by atoms with Gasteiger partial charge in [0.1, 0.15) is 28.3 Å². The van der Waals surface area contributed by atoms with Crippen LogP contribution in [0.5, 0.6) is 5.88 Å². The second-order valence-corrected chi connectivity index (χ2v) is 12.9. The lowest BCUT2D eigenvalue weighted by Crippen LogP contribution is -2.55. The number of ether oxygens (including phenoxy) is 2. The van der Waals surface area contributed by atoms with E-state index in [2.05, 4.69) is 25.6 Å². The molecule has 1 saturated heterocycles. The van der Waals surface area contributed by atoms with Gasteiger partial charge in [-0.2, -0.15) is 4.98 Å². The van der Waals surface area contributed by atoms with Crippen molar-refractivity contribution >= 4 is 39.5 Å². The van der Waals surface area contributed by atoms with Crippen molar-refractivity contribution < 1.29 is 29.0 Å². The molecular weight excluding hydrogens is 572 g/mol. The van der Waals surface area contributed by atoms with Crippen LogP contribution < -0.4 is 15.4 Å². The topological polar surface area (TPSA) is 156 Å². The van der Waals surface area contributed by atoms with Crippen LogP contribution in [0.3, 0.4) is 0 Å². The van der Waals surface area contributed by atoms with Crippen LogP contribution >= 0.6 is 11.3 Å². The van der Waals surface area contributed by atoms with Crippen LogP contribution in [-0.2, 0) is 14.3 Å². The molecule has 230 valence electrons. The van der Waals surface area contributed by atoms with Crippen LogP contribution in [0.4, 0.5) is 4.79 Å². The lowest BCUT2D eigenvalue weighted by atomic mass is 10.0. The quantitative estimate of drug-likeness (QED) is 0.313. The third-order valence-corrected chi connectivity index (χ3v) is 7.96. The summed E-state index contributed by atoms with van der Waals surface area (Å²) >= 11 is 1.45. The number of carbonyl (C=O) groups excluding carboxylic acids is 3. The monoisotopic (exact) mass is 610 g/mol. The molecule has 1 unspecified atom stereocenters. The minimum absolute atomic E-state index is 0.0741. The van der Waals surface area contributed by atoms with Crippen molar-refractivity contribution in [3.05, 3.63) is 35.8 Å². The molecule has 3 aromatic heterocycles. The summed E-state index contributed by atoms with van der Waals surface area (Å²) in [5.41, 5.74) is -0.195. The van der Waals surface area contributed by atoms with E-state index >= 15 is 0 Å². The van der Waals surface area contributed by atoms with E-state index in [4.69, 9.17) is 9.47 Å². The molecule has 13 heteroatoms. The van der Waals surface area contributed by atoms with E-state index in [1.807, 2.05) is 36.6 Å². The summed E-state index contributed by atoms with van der Waals surface area (Å²) in [5, 5.41) is 19.0. The molecule has 3 N–H and O–H groups in total. The molecule has 12 nitrogen and oxygen atoms in total. The Balaban J connectivity index is 1.37. The zero-order chi connectivity index (χ0) is 30.7. The Morgan fingerprint density at radius 2 is 1.98 bits per heavy atom. The summed E-state index contributed by atoms with van der Waals surface area (Å²) < 4.78 is 12.0. The fourth-order valence-electron chi connectivity index (χ4n) is 4.94. The lowest BCUT2D eigenvalue weighted by molar-refractivity contribution is -0.133. The van der Waals surface area contributed by atoms with Gasteiger partial charge in [0.2, 0.25) is 11.8 Å². The Bertz CT molecular complexity index is 1460. The van der Waals surface area contributed by atoms with Gasteiger partial charge in [-0.05, 0) is 63.6 Å². The first kappa shape index (κ1) is 30.6. The van der Waals surface area contributed by atoms with Gasteiger partial charge in [0.15, 0.2) is 11.9 Å². The molecule has 0 aromatic carbocycles. The number of pyridine rings is 1. The second-order valence-electron chi connectivity index (χ2n) is 12.0. The van der Waals surface area contributed by atoms with E-state index in [0.29, 0.717) is 35.6 Å². The number of rotatable bonds is 10. The highest BCUT2D eigenvalue weighted by atomic mass is 32.1. The van der Waals surface area contributed by atoms with Crippen LogP contribution in [-0.4, -0.2) is 85.3 Å². The number of likely N-dealkylation sites (tertiary alicyclic amines) is 1. The molecule has 2 aliphatic rings. The number of nitrogens with one attached hydrogen (secondary N) is 2. The SMILES string of the molecule is CCC[C@H](NC(=O)[C@@H]1C[C@@H](Oc2nc(-c3ccccn3)nc3sccc23)CN1C(=O)OC(C)(C)C)C(O)C(=O)NC1CC1. The molecular formula is C30H38N6O6S. The van der Waals surface area contributed by atoms with Crippen molar-refractivity contribution in [1.29, 1.82) is 0 Å². The Morgan fingerprint density at radius 3 is 2.65 bits per heavy atom. The lowest BCUT2D eigenvalue weighted by Gasteiger charge is -2.29. The van der Waals surface area contributed by atoms with Gasteiger partial charge < -0.3 is 25.2 Å². The van der Waals surface area contributed by atoms with Gasteiger partial charge in [-0.1, -0.05) is 19.4 Å². The molecule has 4 atom stereocenters. The molecule has 3 aromatic rings. The van der Waals surface area contributed by atoms with Crippen LogP contribution in [0.2, 0.25) is 0 Å². The van der Waals surface area contributed by atoms with Crippen molar-refractivity contribution in [1.82, 2.24) is 30.5 Å². The van der Waals surface area contributed by atoms with E-state index in [9.17, 15) is 19.5 Å². The number of hydrogen-bond acceptors (Lipinski definition) is 10. The highest BCUT2D eigenvalue weighted by Gasteiger charge is 2.44. The van der Waals surface area contributed by atoms with Gasteiger partial charge in [-0.3, -0.25) is 19.5 Å². The number of aliphatic hydroxyl groups is 1. The fourth-order valence-corrected chi connectivity index (χ4v) is 5.69. The molecule has 0 spiro atoms. The summed E-state index contributed by atoms with van der Waals surface area (Å²) in [7, 11) is 0. The number of thiophene rings is 1. The van der Waals surface area contributed by atoms with Crippen molar-refractivity contribution in [3.8, 4) is 17.4 Å². The fraction of sp³-hybridized carbons (Fsp3) is 0.533. The maximum Gasteiger partial charge on any atom is 0.411 e. The Kier molecular flexibility index (Phi) is 9.11. The van der Waals surface area contributed by atoms with Gasteiger partial charge in [0, 0.05) is 18.7 Å². The number of hydrogen-bond donors (Lipinski definition) is 3. The molecule has 1 aliphatic carbocycles. The maximum absolute atomic E-state index is 13.7. The third kappa shape index (κ3) is 7.57. The molecule has 3 amide bonds. The van der Waals surface area contributed by atoms with Crippen molar-refractivity contribution in [2.75, 3.05) is 6.54 Å². The van der Waals surface area contributed by atoms with Crippen molar-refractivity contribution in [2.45, 2.75) is 95.7 Å². The summed E-state index contributed by atoms with van der Waals surface area (Å²) in [5.74, 6) is -0.266. The maximum atomic E-state index is 13.7. The molecule has 2 fully saturated rings. The molecule has 0 bridgehead atoms. The Morgan fingerprint density at radius 1 is 1.19 bits per heavy atom. The second kappa shape index (κ2) is 12.8. The van der Waals surface area contributed by atoms with Crippen LogP contribution in [0.25, 0.3) is 21.7 Å². The standard InChI is InChI=1S/C30H38N6O6S/c1-5-8-20(23(37)26(39)32-17-10-11-17)33-25(38)22-15-18(16-36(22)29(40)42-30(2,3)4)41-27-19-12-14-43-28(19)35-24(34-27)21-9-6-7-13-31-21/h6-7,9,12-14,17-18,20,22-23,37H,5,8,10-11,15-16H2,1-4H3,(H,32,39)(H,33,38)/t18-,20+,22+,23?/m1/s1. The molecule has 1 saturated carbocycles. The number of fused-ring (bicyclic) bond motifs is 1. The van der Waals surface area contributed by atoms with E-state index in [-0.39, 0.29) is 19.0 Å². The average Bonchev–Trinajstić information content (AvgIpc) is 3.46. The molecule has 5 rings (SSSR count). The highest BCUT2D eigenvalue weighted by molar-refractivity contribution is 7.16. The van der Waals surface area contributed by atoms with E-state index in [1.54, 1.807) is 27.0 Å². The molecule has 4 heterocycles. The predicted octanol–water partition coefficient (Wildman–Crippen LogP) is 3.43. The first-order chi connectivity index (χ1) is 20.5. The zero-order valence-corrected chi connectivity index (χ0v) is 25.6. The first-order valence-electron chi connectivity index (χ1n) is 14.6. The van der Waals surface area contributed by atoms with Crippen molar-refractivity contribution in [2.24, 2.45) is 0 Å². The summed E-state index contributed by atoms with van der Waals surface area (Å²) in [4.78, 5) is 55.3. The average molecular weight is 611 g/mol. The largest absolute Gasteiger partial charge is 0.472 e. The predicted molar refractivity (Wildman–Crippen MR) is 160 cm³/mol. The summed E-state index contributed by atoms with van der Waals surface area (Å²) in [6.07, 6.45) is 1.94. The van der Waals surface area contributed by atoms with Gasteiger partial charge in [-0.15, -0.1) is 11.3 Å². The molecule has 43 heavy (non-hydrogen) atoms. The number of aromatic nitrogens is 3. The van der Waals surface area contributed by atoms with Gasteiger partial charge in [-0.25, -0.2) is 9.78 Å². The summed E-state index contributed by atoms with van der Waals surface area (Å²) in [6, 6.07) is 5.64. The zero-order valence-electron chi connectivity index (χ0n) is 24.8. The third-order valence-electron chi connectivity index (χ3n) is 7.16. The number of carbonyl (C=O) groups is 3. The number of aliphatic hydroxyl groups excluding tert-OH is 1. The molecule has 1 aliphatic heterocycles. The Labute approximate surface area is 254 Å². The Hall–Kier alpha value is -3.84. The van der Waals surface area contributed by atoms with Crippen molar-refractivity contribution in [3.63, 3.8) is 0 Å². The van der Waals surface area contributed by atoms with Crippen LogP contribution in [0, 0.1) is 0 Å². The van der Waals surface area contributed by atoms with Crippen LogP contribution in [0.1, 0.15) is 59.8 Å². The minimum Gasteiger partial charge on any atom is -0.472 e. The van der Waals surface area contributed by atoms with E-state index in [1.165, 1.54) is 16.2 Å². The minimum atomic E-state index is -1.41. The number of amides is 3. The summed E-state index contributed by atoms with van der Waals surface area (Å²) in [6.45, 7) is 7.24. The number of nitrogens with zero attached hydrogens (tertiary/aromatic N) is 4. The van der Waals surface area contributed by atoms with Gasteiger partial charge in [0.05, 0.1) is 18.0 Å². The molecule has 0 radical (unpaired) electrons. The van der Waals surface area contributed by atoms with E-state index < -0.39 is 47.8 Å². The smallest absolute Gasteiger partial charge is 0.411 e.